The number of carbonyl (C=O) groups excluding carboxylic acids is 2. The van der Waals surface area contributed by atoms with Crippen molar-refractivity contribution in [2.45, 2.75) is 40.0 Å². The third-order valence-electron chi connectivity index (χ3n) is 5.73. The first-order valence-electron chi connectivity index (χ1n) is 10.6. The molecule has 160 valence electrons. The summed E-state index contributed by atoms with van der Waals surface area (Å²) in [6.07, 6.45) is 5.39. The Morgan fingerprint density at radius 3 is 2.43 bits per heavy atom. The van der Waals surface area contributed by atoms with Crippen LogP contribution in [-0.2, 0) is 16.0 Å². The van der Waals surface area contributed by atoms with Crippen LogP contribution in [0.15, 0.2) is 48.8 Å². The highest BCUT2D eigenvalue weighted by molar-refractivity contribution is 5.85. The van der Waals surface area contributed by atoms with E-state index in [1.807, 2.05) is 23.1 Å². The molecule has 2 aromatic rings. The van der Waals surface area contributed by atoms with Gasteiger partial charge in [-0.2, -0.15) is 0 Å². The zero-order chi connectivity index (χ0) is 21.9. The van der Waals surface area contributed by atoms with Gasteiger partial charge in [0, 0.05) is 46.0 Å². The van der Waals surface area contributed by atoms with Crippen molar-refractivity contribution in [3.63, 3.8) is 0 Å². The van der Waals surface area contributed by atoms with Crippen molar-refractivity contribution in [1.82, 2.24) is 14.8 Å². The minimum absolute atomic E-state index is 0.0627. The molecule has 0 unspecified atom stereocenters. The Bertz CT molecular complexity index is 902. The first-order chi connectivity index (χ1) is 14.1. The van der Waals surface area contributed by atoms with Crippen LogP contribution in [0.25, 0.3) is 11.1 Å². The molecule has 5 nitrogen and oxygen atoms in total. The van der Waals surface area contributed by atoms with Crippen LogP contribution in [0.3, 0.4) is 0 Å². The Kier molecular flexibility index (Phi) is 6.30. The molecule has 1 aliphatic heterocycles. The lowest BCUT2D eigenvalue weighted by atomic mass is 9.79. The molecule has 1 aromatic carbocycles. The zero-order valence-corrected chi connectivity index (χ0v) is 18.8. The Hall–Kier alpha value is -2.69. The van der Waals surface area contributed by atoms with E-state index in [9.17, 15) is 9.59 Å². The topological polar surface area (TPSA) is 53.5 Å². The van der Waals surface area contributed by atoms with E-state index in [4.69, 9.17) is 0 Å². The summed E-state index contributed by atoms with van der Waals surface area (Å²) in [6.45, 7) is 7.34. The molecule has 3 rings (SSSR count). The SMILES string of the molecule is CN(C)C(=O)[C@@]1(Cc2cccc(-c3ccncc3)c2)CCN(C(=O)CC(C)(C)C)C1. The van der Waals surface area contributed by atoms with Gasteiger partial charge in [-0.15, -0.1) is 0 Å². The first-order valence-corrected chi connectivity index (χ1v) is 10.6. The minimum atomic E-state index is -0.575. The van der Waals surface area contributed by atoms with E-state index in [2.05, 4.69) is 44.0 Å². The summed E-state index contributed by atoms with van der Waals surface area (Å²) < 4.78 is 0. The molecule has 1 atom stereocenters. The second-order valence-electron chi connectivity index (χ2n) is 9.90. The summed E-state index contributed by atoms with van der Waals surface area (Å²) in [5, 5.41) is 0. The Morgan fingerprint density at radius 1 is 1.10 bits per heavy atom. The molecule has 0 spiro atoms. The molecule has 1 saturated heterocycles. The summed E-state index contributed by atoms with van der Waals surface area (Å²) in [6, 6.07) is 12.3. The summed E-state index contributed by atoms with van der Waals surface area (Å²) in [5.41, 5.74) is 2.69. The maximum Gasteiger partial charge on any atom is 0.230 e. The van der Waals surface area contributed by atoms with Gasteiger partial charge >= 0.3 is 0 Å². The fraction of sp³-hybridized carbons (Fsp3) is 0.480. The van der Waals surface area contributed by atoms with Gasteiger partial charge in [0.2, 0.25) is 11.8 Å². The lowest BCUT2D eigenvalue weighted by Gasteiger charge is -2.31. The van der Waals surface area contributed by atoms with E-state index < -0.39 is 5.41 Å². The maximum atomic E-state index is 13.3. The van der Waals surface area contributed by atoms with Crippen LogP contribution in [-0.4, -0.2) is 53.8 Å². The van der Waals surface area contributed by atoms with Crippen molar-refractivity contribution in [2.24, 2.45) is 10.8 Å². The zero-order valence-electron chi connectivity index (χ0n) is 18.8. The quantitative estimate of drug-likeness (QED) is 0.752. The van der Waals surface area contributed by atoms with Gasteiger partial charge in [-0.25, -0.2) is 0 Å². The maximum absolute atomic E-state index is 13.3. The lowest BCUT2D eigenvalue weighted by Crippen LogP contribution is -2.45. The fourth-order valence-corrected chi connectivity index (χ4v) is 4.32. The predicted molar refractivity (Wildman–Crippen MR) is 120 cm³/mol. The second kappa shape index (κ2) is 8.58. The highest BCUT2D eigenvalue weighted by atomic mass is 16.2. The minimum Gasteiger partial charge on any atom is -0.348 e. The fourth-order valence-electron chi connectivity index (χ4n) is 4.32. The van der Waals surface area contributed by atoms with E-state index in [0.717, 1.165) is 16.7 Å². The molecule has 1 aliphatic rings. The number of benzene rings is 1. The number of hydrogen-bond acceptors (Lipinski definition) is 3. The normalized spacial score (nSPS) is 19.0. The Balaban J connectivity index is 1.86. The molecular formula is C25H33N3O2. The Morgan fingerprint density at radius 2 is 1.80 bits per heavy atom. The number of rotatable bonds is 5. The first kappa shape index (κ1) is 22.0. The number of hydrogen-bond donors (Lipinski definition) is 0. The van der Waals surface area contributed by atoms with E-state index in [1.54, 1.807) is 31.4 Å². The summed E-state index contributed by atoms with van der Waals surface area (Å²) in [5.74, 6) is 0.240. The van der Waals surface area contributed by atoms with Gasteiger partial charge < -0.3 is 9.80 Å². The monoisotopic (exact) mass is 407 g/mol. The van der Waals surface area contributed by atoms with Crippen molar-refractivity contribution in [2.75, 3.05) is 27.2 Å². The smallest absolute Gasteiger partial charge is 0.230 e. The van der Waals surface area contributed by atoms with E-state index in [1.165, 1.54) is 0 Å². The molecule has 2 heterocycles. The molecule has 0 saturated carbocycles. The van der Waals surface area contributed by atoms with Crippen molar-refractivity contribution < 1.29 is 9.59 Å². The number of pyridine rings is 1. The van der Waals surface area contributed by atoms with Gasteiger partial charge in [-0.05, 0) is 47.1 Å². The molecule has 5 heteroatoms. The molecule has 2 amide bonds. The van der Waals surface area contributed by atoms with E-state index in [-0.39, 0.29) is 17.2 Å². The Labute approximate surface area is 180 Å². The summed E-state index contributed by atoms with van der Waals surface area (Å²) >= 11 is 0. The van der Waals surface area contributed by atoms with Crippen LogP contribution in [0.2, 0.25) is 0 Å². The van der Waals surface area contributed by atoms with Gasteiger partial charge in [-0.3, -0.25) is 14.6 Å². The average molecular weight is 408 g/mol. The van der Waals surface area contributed by atoms with Crippen LogP contribution in [0.4, 0.5) is 0 Å². The van der Waals surface area contributed by atoms with Gasteiger partial charge in [0.15, 0.2) is 0 Å². The number of amides is 2. The molecule has 0 aliphatic carbocycles. The van der Waals surface area contributed by atoms with E-state index in [0.29, 0.717) is 32.4 Å². The molecule has 0 N–H and O–H groups in total. The van der Waals surface area contributed by atoms with Gasteiger partial charge in [0.25, 0.3) is 0 Å². The molecular weight excluding hydrogens is 374 g/mol. The molecule has 30 heavy (non-hydrogen) atoms. The largest absolute Gasteiger partial charge is 0.348 e. The third-order valence-corrected chi connectivity index (χ3v) is 5.73. The number of aromatic nitrogens is 1. The van der Waals surface area contributed by atoms with Crippen molar-refractivity contribution in [3.8, 4) is 11.1 Å². The van der Waals surface area contributed by atoms with Crippen LogP contribution in [0.5, 0.6) is 0 Å². The summed E-state index contributed by atoms with van der Waals surface area (Å²) in [7, 11) is 3.61. The predicted octanol–water partition coefficient (Wildman–Crippen LogP) is 4.03. The van der Waals surface area contributed by atoms with Crippen molar-refractivity contribution in [1.29, 1.82) is 0 Å². The van der Waals surface area contributed by atoms with Crippen LogP contribution >= 0.6 is 0 Å². The number of likely N-dealkylation sites (tertiary alicyclic amines) is 1. The van der Waals surface area contributed by atoms with Crippen molar-refractivity contribution >= 4 is 11.8 Å². The molecule has 1 fully saturated rings. The van der Waals surface area contributed by atoms with Gasteiger partial charge in [-0.1, -0.05) is 45.0 Å². The average Bonchev–Trinajstić information content (AvgIpc) is 3.12. The lowest BCUT2D eigenvalue weighted by molar-refractivity contribution is -0.140. The molecule has 1 aromatic heterocycles. The van der Waals surface area contributed by atoms with E-state index >= 15 is 0 Å². The van der Waals surface area contributed by atoms with Gasteiger partial charge in [0.1, 0.15) is 0 Å². The molecule has 0 bridgehead atoms. The molecule has 0 radical (unpaired) electrons. The second-order valence-corrected chi connectivity index (χ2v) is 9.90. The summed E-state index contributed by atoms with van der Waals surface area (Å²) in [4.78, 5) is 33.7. The number of carbonyl (C=O) groups is 2. The standard InChI is InChI=1S/C25H33N3O2/c1-24(2,3)17-22(29)28-14-11-25(18-28,23(30)27(4)5)16-19-7-6-8-21(15-19)20-9-12-26-13-10-20/h6-10,12-13,15H,11,14,16-18H2,1-5H3/t25-/m1/s1. The van der Waals surface area contributed by atoms with Crippen molar-refractivity contribution in [3.05, 3.63) is 54.4 Å². The van der Waals surface area contributed by atoms with Gasteiger partial charge in [0.05, 0.1) is 5.41 Å². The van der Waals surface area contributed by atoms with Crippen LogP contribution in [0.1, 0.15) is 39.2 Å². The van der Waals surface area contributed by atoms with Crippen LogP contribution in [0, 0.1) is 10.8 Å². The number of nitrogens with zero attached hydrogens (tertiary/aromatic N) is 3. The highest BCUT2D eigenvalue weighted by Crippen LogP contribution is 2.37. The third kappa shape index (κ3) is 5.07. The van der Waals surface area contributed by atoms with Crippen LogP contribution < -0.4 is 0 Å². The highest BCUT2D eigenvalue weighted by Gasteiger charge is 2.46.